The number of hydrogen-bond acceptors (Lipinski definition) is 8. The molecule has 0 heterocycles. The van der Waals surface area contributed by atoms with Crippen LogP contribution in [0.1, 0.15) is 31.2 Å². The summed E-state index contributed by atoms with van der Waals surface area (Å²) in [6, 6.07) is 4.83. The minimum Gasteiger partial charge on any atom is -0.481 e. The molecule has 14 nitrogen and oxygen atoms in total. The molecule has 0 fully saturated rings. The first-order valence-corrected chi connectivity index (χ1v) is 12.6. The van der Waals surface area contributed by atoms with Gasteiger partial charge in [-0.2, -0.15) is 0 Å². The van der Waals surface area contributed by atoms with E-state index < -0.39 is 66.8 Å². The number of nitrogens with one attached hydrogen (secondary N) is 3. The Labute approximate surface area is 231 Å². The second kappa shape index (κ2) is 17.9. The zero-order chi connectivity index (χ0) is 30.1. The fourth-order valence-corrected chi connectivity index (χ4v) is 3.47. The van der Waals surface area contributed by atoms with Gasteiger partial charge in [-0.05, 0) is 24.8 Å². The summed E-state index contributed by atoms with van der Waals surface area (Å²) >= 11 is 0. The lowest BCUT2D eigenvalue weighted by Crippen LogP contribution is -2.55. The number of carbonyl (C=O) groups is 6. The van der Waals surface area contributed by atoms with Crippen LogP contribution in [0.5, 0.6) is 0 Å². The van der Waals surface area contributed by atoms with Crippen LogP contribution in [0.3, 0.4) is 0 Å². The standard InChI is InChI=1S/C26H37N5O9/c1-3-13-40-26(39)28-12-8-7-11-18(27)23(35)29-16-21(32)31(2)20(14-17-9-5-4-6-10-17)24(36)30-19(25(37)38)15-22(33)34/h3-6,9-10,18-20H,1,7-8,11-16,27H2,2H3,(H,28,39)(H,29,35)(H,30,36)(H,33,34)(H,37,38)/t18-,19+,20+/m1/s1. The Morgan fingerprint density at radius 3 is 2.33 bits per heavy atom. The van der Waals surface area contributed by atoms with Crippen LogP contribution < -0.4 is 21.7 Å². The van der Waals surface area contributed by atoms with Gasteiger partial charge in [0.15, 0.2) is 0 Å². The van der Waals surface area contributed by atoms with Gasteiger partial charge in [0.2, 0.25) is 17.7 Å². The minimum atomic E-state index is -1.70. The summed E-state index contributed by atoms with van der Waals surface area (Å²) in [5, 5.41) is 25.4. The number of nitrogens with two attached hydrogens (primary N) is 1. The number of aliphatic carboxylic acids is 2. The molecule has 0 bridgehead atoms. The van der Waals surface area contributed by atoms with Crippen LogP contribution in [-0.4, -0.2) is 95.7 Å². The highest BCUT2D eigenvalue weighted by atomic mass is 16.5. The fourth-order valence-electron chi connectivity index (χ4n) is 3.47. The zero-order valence-corrected chi connectivity index (χ0v) is 22.3. The van der Waals surface area contributed by atoms with E-state index >= 15 is 0 Å². The molecule has 0 saturated heterocycles. The molecule has 0 aliphatic heterocycles. The lowest BCUT2D eigenvalue weighted by molar-refractivity contribution is -0.148. The van der Waals surface area contributed by atoms with E-state index in [2.05, 4.69) is 22.5 Å². The molecule has 0 aromatic heterocycles. The summed E-state index contributed by atoms with van der Waals surface area (Å²) in [5.74, 6) is -5.05. The van der Waals surface area contributed by atoms with E-state index in [1.165, 1.54) is 13.1 Å². The Balaban J connectivity index is 2.70. The van der Waals surface area contributed by atoms with Crippen molar-refractivity contribution >= 4 is 35.8 Å². The third kappa shape index (κ3) is 12.9. The number of benzene rings is 1. The molecule has 1 aromatic carbocycles. The quantitative estimate of drug-likeness (QED) is 0.100. The first kappa shape index (κ1) is 33.6. The number of unbranched alkanes of at least 4 members (excludes halogenated alkanes) is 1. The van der Waals surface area contributed by atoms with Crippen LogP contribution >= 0.6 is 0 Å². The molecule has 0 aliphatic rings. The predicted octanol–water partition coefficient (Wildman–Crippen LogP) is -0.374. The van der Waals surface area contributed by atoms with Crippen molar-refractivity contribution in [1.82, 2.24) is 20.9 Å². The van der Waals surface area contributed by atoms with Gasteiger partial charge in [0, 0.05) is 20.0 Å². The Kier molecular flexibility index (Phi) is 15.1. The number of carboxylic acid groups (broad SMARTS) is 2. The van der Waals surface area contributed by atoms with Crippen LogP contribution in [0.15, 0.2) is 43.0 Å². The van der Waals surface area contributed by atoms with Gasteiger partial charge >= 0.3 is 18.0 Å². The van der Waals surface area contributed by atoms with Crippen LogP contribution in [0.2, 0.25) is 0 Å². The predicted molar refractivity (Wildman–Crippen MR) is 143 cm³/mol. The van der Waals surface area contributed by atoms with Crippen molar-refractivity contribution in [3.8, 4) is 0 Å². The fraction of sp³-hybridized carbons (Fsp3) is 0.462. The van der Waals surface area contributed by atoms with Gasteiger partial charge < -0.3 is 41.5 Å². The zero-order valence-electron chi connectivity index (χ0n) is 22.3. The number of rotatable bonds is 18. The molecule has 0 aliphatic carbocycles. The highest BCUT2D eigenvalue weighted by Gasteiger charge is 2.31. The van der Waals surface area contributed by atoms with Crippen molar-refractivity contribution in [3.05, 3.63) is 48.6 Å². The highest BCUT2D eigenvalue weighted by molar-refractivity contribution is 5.93. The number of carbonyl (C=O) groups excluding carboxylic acids is 4. The van der Waals surface area contributed by atoms with Gasteiger partial charge in [-0.15, -0.1) is 0 Å². The van der Waals surface area contributed by atoms with Crippen molar-refractivity contribution in [2.75, 3.05) is 26.7 Å². The molecule has 7 N–H and O–H groups in total. The SMILES string of the molecule is C=CCOC(=O)NCCCC[C@@H](N)C(=O)NCC(=O)N(C)[C@@H](Cc1ccccc1)C(=O)N[C@@H](CC(=O)O)C(=O)O. The second-order valence-corrected chi connectivity index (χ2v) is 8.84. The minimum absolute atomic E-state index is 0.0109. The molecule has 0 saturated carbocycles. The third-order valence-corrected chi connectivity index (χ3v) is 5.72. The number of amides is 4. The molecule has 40 heavy (non-hydrogen) atoms. The first-order valence-electron chi connectivity index (χ1n) is 12.6. The number of likely N-dealkylation sites (N-methyl/N-ethyl adjacent to an activating group) is 1. The molecule has 0 radical (unpaired) electrons. The van der Waals surface area contributed by atoms with E-state index in [9.17, 15) is 33.9 Å². The number of nitrogens with zero attached hydrogens (tertiary/aromatic N) is 1. The van der Waals surface area contributed by atoms with E-state index in [-0.39, 0.29) is 13.0 Å². The van der Waals surface area contributed by atoms with Crippen molar-refractivity contribution in [2.45, 2.75) is 50.2 Å². The summed E-state index contributed by atoms with van der Waals surface area (Å²) in [6.07, 6.45) is 1.38. The molecule has 1 rings (SSSR count). The van der Waals surface area contributed by atoms with Crippen molar-refractivity contribution < 1.29 is 43.7 Å². The summed E-state index contributed by atoms with van der Waals surface area (Å²) in [4.78, 5) is 73.1. The second-order valence-electron chi connectivity index (χ2n) is 8.84. The van der Waals surface area contributed by atoms with Crippen LogP contribution in [0, 0.1) is 0 Å². The van der Waals surface area contributed by atoms with E-state index in [0.29, 0.717) is 31.4 Å². The van der Waals surface area contributed by atoms with E-state index in [0.717, 1.165) is 4.90 Å². The maximum absolute atomic E-state index is 13.0. The third-order valence-electron chi connectivity index (χ3n) is 5.72. The van der Waals surface area contributed by atoms with Crippen LogP contribution in [0.4, 0.5) is 4.79 Å². The Bertz CT molecular complexity index is 1030. The number of ether oxygens (including phenoxy) is 1. The molecule has 4 amide bonds. The molecule has 1 aromatic rings. The monoisotopic (exact) mass is 563 g/mol. The lowest BCUT2D eigenvalue weighted by atomic mass is 10.0. The summed E-state index contributed by atoms with van der Waals surface area (Å²) in [5.41, 5.74) is 6.56. The summed E-state index contributed by atoms with van der Waals surface area (Å²) < 4.78 is 4.77. The summed E-state index contributed by atoms with van der Waals surface area (Å²) in [6.45, 7) is 3.38. The Morgan fingerprint density at radius 1 is 1.05 bits per heavy atom. The van der Waals surface area contributed by atoms with Gasteiger partial charge in [-0.3, -0.25) is 19.2 Å². The Hall–Kier alpha value is -4.46. The van der Waals surface area contributed by atoms with Gasteiger partial charge in [-0.1, -0.05) is 43.0 Å². The molecule has 14 heteroatoms. The van der Waals surface area contributed by atoms with Crippen molar-refractivity contribution in [2.24, 2.45) is 5.73 Å². The number of hydrogen-bond donors (Lipinski definition) is 6. The molecular weight excluding hydrogens is 526 g/mol. The van der Waals surface area contributed by atoms with E-state index in [4.69, 9.17) is 15.6 Å². The topological polar surface area (TPSA) is 217 Å². The van der Waals surface area contributed by atoms with Gasteiger partial charge in [0.25, 0.3) is 0 Å². The average Bonchev–Trinajstić information content (AvgIpc) is 2.92. The van der Waals surface area contributed by atoms with Gasteiger partial charge in [0.1, 0.15) is 18.7 Å². The smallest absolute Gasteiger partial charge is 0.407 e. The molecule has 220 valence electrons. The highest BCUT2D eigenvalue weighted by Crippen LogP contribution is 2.10. The molecule has 0 spiro atoms. The first-order chi connectivity index (χ1) is 19.0. The van der Waals surface area contributed by atoms with Crippen LogP contribution in [0.25, 0.3) is 0 Å². The summed E-state index contributed by atoms with van der Waals surface area (Å²) in [7, 11) is 1.32. The van der Waals surface area contributed by atoms with Gasteiger partial charge in [-0.25, -0.2) is 9.59 Å². The molecule has 3 atom stereocenters. The molecule has 0 unspecified atom stereocenters. The number of carboxylic acids is 2. The normalized spacial score (nSPS) is 12.7. The van der Waals surface area contributed by atoms with Crippen molar-refractivity contribution in [3.63, 3.8) is 0 Å². The average molecular weight is 564 g/mol. The lowest BCUT2D eigenvalue weighted by Gasteiger charge is -2.29. The van der Waals surface area contributed by atoms with Crippen LogP contribution in [-0.2, 0) is 35.1 Å². The maximum Gasteiger partial charge on any atom is 0.407 e. The Morgan fingerprint density at radius 2 is 1.73 bits per heavy atom. The molecular formula is C26H37N5O9. The van der Waals surface area contributed by atoms with Gasteiger partial charge in [0.05, 0.1) is 19.0 Å². The van der Waals surface area contributed by atoms with E-state index in [1.807, 2.05) is 0 Å². The number of alkyl carbamates (subject to hydrolysis) is 1. The maximum atomic E-state index is 13.0. The largest absolute Gasteiger partial charge is 0.481 e. The van der Waals surface area contributed by atoms with E-state index in [1.54, 1.807) is 30.3 Å². The van der Waals surface area contributed by atoms with Crippen molar-refractivity contribution in [1.29, 1.82) is 0 Å².